The summed E-state index contributed by atoms with van der Waals surface area (Å²) in [5, 5.41) is 9.06. The summed E-state index contributed by atoms with van der Waals surface area (Å²) in [4.78, 5) is 0. The second-order valence-corrected chi connectivity index (χ2v) is 6.43. The van der Waals surface area contributed by atoms with Crippen LogP contribution in [0.1, 0.15) is 81.9 Å². The molecule has 0 spiro atoms. The standard InChI is InChI=1S/C21H30O2/c1-2-3-4-5-6-7-8-9-10-11-13-18-14-12-15-19(16-18)21-20(17-22)23-21/h12,14-16,20-22H,2-10,17H2,1H3/t20-,21?/m0/s1. The summed E-state index contributed by atoms with van der Waals surface area (Å²) in [7, 11) is 0. The van der Waals surface area contributed by atoms with Gasteiger partial charge in [0.1, 0.15) is 12.2 Å². The highest BCUT2D eigenvalue weighted by atomic mass is 16.6. The Morgan fingerprint density at radius 3 is 2.48 bits per heavy atom. The second kappa shape index (κ2) is 10.5. The molecule has 2 atom stereocenters. The van der Waals surface area contributed by atoms with Crippen LogP contribution in [0, 0.1) is 11.8 Å². The molecule has 2 nitrogen and oxygen atoms in total. The first-order valence-electron chi connectivity index (χ1n) is 9.20. The Balaban J connectivity index is 1.60. The van der Waals surface area contributed by atoms with Gasteiger partial charge < -0.3 is 9.84 Å². The SMILES string of the molecule is CCCCCCCCCCC#Cc1cccc(C2O[C@H]2CO)c1. The van der Waals surface area contributed by atoms with Crippen molar-refractivity contribution >= 4 is 0 Å². The largest absolute Gasteiger partial charge is 0.394 e. The summed E-state index contributed by atoms with van der Waals surface area (Å²) in [6.07, 6.45) is 11.8. The van der Waals surface area contributed by atoms with Crippen LogP contribution in [0.5, 0.6) is 0 Å². The topological polar surface area (TPSA) is 32.8 Å². The van der Waals surface area contributed by atoms with Crippen LogP contribution in [-0.4, -0.2) is 17.8 Å². The van der Waals surface area contributed by atoms with Gasteiger partial charge in [-0.25, -0.2) is 0 Å². The van der Waals surface area contributed by atoms with E-state index in [4.69, 9.17) is 9.84 Å². The molecule has 0 saturated carbocycles. The molecule has 2 heteroatoms. The maximum Gasteiger partial charge on any atom is 0.112 e. The summed E-state index contributed by atoms with van der Waals surface area (Å²) >= 11 is 0. The van der Waals surface area contributed by atoms with E-state index < -0.39 is 0 Å². The zero-order valence-electron chi connectivity index (χ0n) is 14.4. The van der Waals surface area contributed by atoms with Crippen molar-refractivity contribution in [3.05, 3.63) is 35.4 Å². The zero-order valence-corrected chi connectivity index (χ0v) is 14.4. The third-order valence-corrected chi connectivity index (χ3v) is 4.37. The van der Waals surface area contributed by atoms with E-state index in [1.165, 1.54) is 51.4 Å². The lowest BCUT2D eigenvalue weighted by molar-refractivity contribution is 0.242. The maximum atomic E-state index is 9.06. The highest BCUT2D eigenvalue weighted by Gasteiger charge is 2.39. The Bertz CT molecular complexity index is 512. The average molecular weight is 314 g/mol. The quantitative estimate of drug-likeness (QED) is 0.374. The number of unbranched alkanes of at least 4 members (excludes halogenated alkanes) is 8. The van der Waals surface area contributed by atoms with Crippen molar-refractivity contribution in [2.75, 3.05) is 6.61 Å². The fraction of sp³-hybridized carbons (Fsp3) is 0.619. The number of rotatable bonds is 10. The van der Waals surface area contributed by atoms with Crippen molar-refractivity contribution in [2.45, 2.75) is 76.9 Å². The molecule has 0 aromatic heterocycles. The highest BCUT2D eigenvalue weighted by Crippen LogP contribution is 2.38. The van der Waals surface area contributed by atoms with Crippen LogP contribution in [0.25, 0.3) is 0 Å². The van der Waals surface area contributed by atoms with Gasteiger partial charge in [-0.2, -0.15) is 0 Å². The van der Waals surface area contributed by atoms with Gasteiger partial charge >= 0.3 is 0 Å². The molecule has 1 aliphatic rings. The Morgan fingerprint density at radius 2 is 1.78 bits per heavy atom. The van der Waals surface area contributed by atoms with E-state index in [0.717, 1.165) is 17.5 Å². The van der Waals surface area contributed by atoms with E-state index >= 15 is 0 Å². The number of aliphatic hydroxyl groups is 1. The van der Waals surface area contributed by atoms with Crippen LogP contribution in [-0.2, 0) is 4.74 Å². The minimum atomic E-state index is -0.0180. The highest BCUT2D eigenvalue weighted by molar-refractivity contribution is 5.39. The zero-order chi connectivity index (χ0) is 16.3. The first-order chi connectivity index (χ1) is 11.3. The average Bonchev–Trinajstić information content (AvgIpc) is 3.37. The van der Waals surface area contributed by atoms with Crippen LogP contribution in [0.4, 0.5) is 0 Å². The second-order valence-electron chi connectivity index (χ2n) is 6.43. The normalized spacial score (nSPS) is 19.2. The Morgan fingerprint density at radius 1 is 1.04 bits per heavy atom. The molecule has 1 unspecified atom stereocenters. The van der Waals surface area contributed by atoms with Crippen LogP contribution in [0.3, 0.4) is 0 Å². The molecule has 1 aliphatic heterocycles. The van der Waals surface area contributed by atoms with Crippen LogP contribution < -0.4 is 0 Å². The smallest absolute Gasteiger partial charge is 0.112 e. The molecule has 1 aromatic rings. The van der Waals surface area contributed by atoms with Gasteiger partial charge in [0.2, 0.25) is 0 Å². The summed E-state index contributed by atoms with van der Waals surface area (Å²) in [5.41, 5.74) is 2.18. The fourth-order valence-corrected chi connectivity index (χ4v) is 2.88. The number of ether oxygens (including phenoxy) is 1. The molecule has 0 aliphatic carbocycles. The van der Waals surface area contributed by atoms with Crippen molar-refractivity contribution in [3.63, 3.8) is 0 Å². The third kappa shape index (κ3) is 6.77. The van der Waals surface area contributed by atoms with Gasteiger partial charge in [-0.05, 0) is 24.1 Å². The van der Waals surface area contributed by atoms with Gasteiger partial charge in [0.25, 0.3) is 0 Å². The summed E-state index contributed by atoms with van der Waals surface area (Å²) in [6.45, 7) is 2.36. The third-order valence-electron chi connectivity index (χ3n) is 4.37. The van der Waals surface area contributed by atoms with Crippen molar-refractivity contribution in [1.82, 2.24) is 0 Å². The Labute approximate surface area is 141 Å². The summed E-state index contributed by atoms with van der Waals surface area (Å²) < 4.78 is 5.41. The molecule has 1 N–H and O–H groups in total. The minimum absolute atomic E-state index is 0.0180. The van der Waals surface area contributed by atoms with Gasteiger partial charge in [0.15, 0.2) is 0 Å². The first-order valence-corrected chi connectivity index (χ1v) is 9.20. The van der Waals surface area contributed by atoms with Gasteiger partial charge in [-0.15, -0.1) is 0 Å². The predicted octanol–water partition coefficient (Wildman–Crippen LogP) is 5.00. The molecule has 2 rings (SSSR count). The predicted molar refractivity (Wildman–Crippen MR) is 95.2 cm³/mol. The van der Waals surface area contributed by atoms with Crippen LogP contribution in [0.2, 0.25) is 0 Å². The van der Waals surface area contributed by atoms with Gasteiger partial charge in [0, 0.05) is 12.0 Å². The maximum absolute atomic E-state index is 9.06. The van der Waals surface area contributed by atoms with E-state index in [-0.39, 0.29) is 18.8 Å². The summed E-state index contributed by atoms with van der Waals surface area (Å²) in [5.74, 6) is 6.54. The van der Waals surface area contributed by atoms with Crippen molar-refractivity contribution < 1.29 is 9.84 Å². The molecule has 0 amide bonds. The van der Waals surface area contributed by atoms with E-state index in [1.807, 2.05) is 18.2 Å². The molecule has 0 radical (unpaired) electrons. The monoisotopic (exact) mass is 314 g/mol. The van der Waals surface area contributed by atoms with E-state index in [1.54, 1.807) is 0 Å². The van der Waals surface area contributed by atoms with E-state index in [2.05, 4.69) is 24.8 Å². The van der Waals surface area contributed by atoms with Gasteiger partial charge in [-0.1, -0.05) is 75.8 Å². The lowest BCUT2D eigenvalue weighted by Gasteiger charge is -1.99. The Kier molecular flexibility index (Phi) is 8.21. The van der Waals surface area contributed by atoms with Crippen LogP contribution >= 0.6 is 0 Å². The van der Waals surface area contributed by atoms with Gasteiger partial charge in [0.05, 0.1) is 6.61 Å². The molecule has 1 fully saturated rings. The number of epoxide rings is 1. The molecular weight excluding hydrogens is 284 g/mol. The molecular formula is C21H30O2. The molecule has 23 heavy (non-hydrogen) atoms. The van der Waals surface area contributed by atoms with Crippen molar-refractivity contribution in [2.24, 2.45) is 0 Å². The summed E-state index contributed by atoms with van der Waals surface area (Å²) in [6, 6.07) is 8.19. The molecule has 1 heterocycles. The number of hydrogen-bond donors (Lipinski definition) is 1. The van der Waals surface area contributed by atoms with Crippen LogP contribution in [0.15, 0.2) is 24.3 Å². The first kappa shape index (κ1) is 18.0. The fourth-order valence-electron chi connectivity index (χ4n) is 2.88. The minimum Gasteiger partial charge on any atom is -0.394 e. The molecule has 0 bridgehead atoms. The molecule has 1 aromatic carbocycles. The lowest BCUT2D eigenvalue weighted by Crippen LogP contribution is -1.94. The van der Waals surface area contributed by atoms with E-state index in [0.29, 0.717) is 0 Å². The van der Waals surface area contributed by atoms with Crippen molar-refractivity contribution in [3.8, 4) is 11.8 Å². The number of benzene rings is 1. The van der Waals surface area contributed by atoms with Crippen molar-refractivity contribution in [1.29, 1.82) is 0 Å². The lowest BCUT2D eigenvalue weighted by atomic mass is 10.1. The number of aliphatic hydroxyl groups excluding tert-OH is 1. The van der Waals surface area contributed by atoms with Gasteiger partial charge in [-0.3, -0.25) is 0 Å². The molecule has 126 valence electrons. The Hall–Kier alpha value is -1.30. The molecule has 1 saturated heterocycles. The van der Waals surface area contributed by atoms with E-state index in [9.17, 15) is 0 Å². The number of hydrogen-bond acceptors (Lipinski definition) is 2.